The van der Waals surface area contributed by atoms with Crippen molar-refractivity contribution in [2.45, 2.75) is 33.7 Å². The predicted molar refractivity (Wildman–Crippen MR) is 61.5 cm³/mol. The van der Waals surface area contributed by atoms with E-state index < -0.39 is 0 Å². The van der Waals surface area contributed by atoms with Crippen molar-refractivity contribution in [1.29, 1.82) is 0 Å². The minimum Gasteiger partial charge on any atom is -0.395 e. The molecule has 0 aromatic heterocycles. The summed E-state index contributed by atoms with van der Waals surface area (Å²) in [5, 5.41) is 12.2. The average molecular weight is 202 g/mol. The Labute approximate surface area is 88.5 Å². The monoisotopic (exact) mass is 202 g/mol. The van der Waals surface area contributed by atoms with E-state index in [1.54, 1.807) is 0 Å². The molecule has 0 heterocycles. The molecule has 0 bridgehead atoms. The first-order chi connectivity index (χ1) is 6.47. The molecule has 1 atom stereocenters. The van der Waals surface area contributed by atoms with Gasteiger partial charge in [-0.15, -0.1) is 0 Å². The fourth-order valence-corrected chi connectivity index (χ4v) is 1.59. The molecule has 0 aliphatic rings. The van der Waals surface area contributed by atoms with Crippen molar-refractivity contribution in [3.63, 3.8) is 0 Å². The zero-order valence-electron chi connectivity index (χ0n) is 10.3. The summed E-state index contributed by atoms with van der Waals surface area (Å²) in [6, 6.07) is 0.482. The molecule has 0 aliphatic heterocycles. The highest BCUT2D eigenvalue weighted by Gasteiger charge is 2.26. The molecule has 0 aromatic carbocycles. The first-order valence-corrected chi connectivity index (χ1v) is 5.48. The number of rotatable bonds is 7. The highest BCUT2D eigenvalue weighted by molar-refractivity contribution is 4.82. The Bertz CT molecular complexity index is 148. The number of likely N-dealkylation sites (N-methyl/N-ethyl adjacent to an activating group) is 1. The topological polar surface area (TPSA) is 35.5 Å². The Morgan fingerprint density at radius 3 is 2.36 bits per heavy atom. The average Bonchev–Trinajstić information content (AvgIpc) is 2.15. The zero-order chi connectivity index (χ0) is 11.2. The van der Waals surface area contributed by atoms with Crippen LogP contribution >= 0.6 is 0 Å². The van der Waals surface area contributed by atoms with Crippen LogP contribution in [0.1, 0.15) is 27.7 Å². The molecule has 3 heteroatoms. The molecule has 0 spiro atoms. The molecular weight excluding hydrogens is 176 g/mol. The first-order valence-electron chi connectivity index (χ1n) is 5.48. The number of hydrogen-bond acceptors (Lipinski definition) is 3. The summed E-state index contributed by atoms with van der Waals surface area (Å²) in [6.07, 6.45) is 0. The second-order valence-corrected chi connectivity index (χ2v) is 4.59. The van der Waals surface area contributed by atoms with Gasteiger partial charge in [-0.25, -0.2) is 0 Å². The van der Waals surface area contributed by atoms with Crippen LogP contribution < -0.4 is 5.32 Å². The Kier molecular flexibility index (Phi) is 6.33. The van der Waals surface area contributed by atoms with E-state index in [9.17, 15) is 0 Å². The summed E-state index contributed by atoms with van der Waals surface area (Å²) in [5.74, 6) is 0. The number of aliphatic hydroxyl groups excluding tert-OH is 1. The smallest absolute Gasteiger partial charge is 0.0558 e. The molecule has 0 radical (unpaired) electrons. The SMILES string of the molecule is CCN(CCO)CC(C)(C)C(C)NC. The van der Waals surface area contributed by atoms with Crippen molar-refractivity contribution >= 4 is 0 Å². The third-order valence-corrected chi connectivity index (χ3v) is 3.10. The first kappa shape index (κ1) is 13.9. The Morgan fingerprint density at radius 1 is 1.43 bits per heavy atom. The standard InChI is InChI=1S/C11H26N2O/c1-6-13(7-8-14)9-11(3,4)10(2)12-5/h10,12,14H,6-9H2,1-5H3. The minimum absolute atomic E-state index is 0.236. The Balaban J connectivity index is 4.16. The van der Waals surface area contributed by atoms with Crippen LogP contribution in [0, 0.1) is 5.41 Å². The fourth-order valence-electron chi connectivity index (χ4n) is 1.59. The molecule has 0 rings (SSSR count). The van der Waals surface area contributed by atoms with E-state index >= 15 is 0 Å². The maximum absolute atomic E-state index is 8.90. The summed E-state index contributed by atoms with van der Waals surface area (Å²) in [7, 11) is 1.99. The number of hydrogen-bond donors (Lipinski definition) is 2. The molecule has 86 valence electrons. The summed E-state index contributed by atoms with van der Waals surface area (Å²) < 4.78 is 0. The van der Waals surface area contributed by atoms with Crippen molar-refractivity contribution in [3.05, 3.63) is 0 Å². The lowest BCUT2D eigenvalue weighted by Crippen LogP contribution is -2.46. The van der Waals surface area contributed by atoms with Crippen molar-refractivity contribution in [3.8, 4) is 0 Å². The van der Waals surface area contributed by atoms with E-state index in [4.69, 9.17) is 5.11 Å². The van der Waals surface area contributed by atoms with Gasteiger partial charge in [0.05, 0.1) is 6.61 Å². The van der Waals surface area contributed by atoms with E-state index in [1.807, 2.05) is 7.05 Å². The quantitative estimate of drug-likeness (QED) is 0.645. The van der Waals surface area contributed by atoms with E-state index in [2.05, 4.69) is 37.9 Å². The Hall–Kier alpha value is -0.120. The van der Waals surface area contributed by atoms with Crippen LogP contribution in [0.5, 0.6) is 0 Å². The zero-order valence-corrected chi connectivity index (χ0v) is 10.3. The minimum atomic E-state index is 0.236. The molecule has 1 unspecified atom stereocenters. The van der Waals surface area contributed by atoms with E-state index in [-0.39, 0.29) is 12.0 Å². The molecule has 0 saturated carbocycles. The van der Waals surface area contributed by atoms with Gasteiger partial charge in [0, 0.05) is 19.1 Å². The van der Waals surface area contributed by atoms with Crippen LogP contribution in [-0.2, 0) is 0 Å². The van der Waals surface area contributed by atoms with Gasteiger partial charge in [0.2, 0.25) is 0 Å². The number of nitrogens with zero attached hydrogens (tertiary/aromatic N) is 1. The van der Waals surface area contributed by atoms with Crippen LogP contribution in [0.15, 0.2) is 0 Å². The lowest BCUT2D eigenvalue weighted by Gasteiger charge is -2.36. The van der Waals surface area contributed by atoms with Crippen LogP contribution in [0.2, 0.25) is 0 Å². The number of aliphatic hydroxyl groups is 1. The summed E-state index contributed by atoms with van der Waals surface area (Å²) in [5.41, 5.74) is 0.236. The lowest BCUT2D eigenvalue weighted by molar-refractivity contribution is 0.127. The number of nitrogens with one attached hydrogen (secondary N) is 1. The normalized spacial score (nSPS) is 14.8. The molecule has 14 heavy (non-hydrogen) atoms. The Morgan fingerprint density at radius 2 is 2.00 bits per heavy atom. The summed E-state index contributed by atoms with van der Waals surface area (Å²) >= 11 is 0. The van der Waals surface area contributed by atoms with E-state index in [1.165, 1.54) is 0 Å². The van der Waals surface area contributed by atoms with Crippen LogP contribution in [0.25, 0.3) is 0 Å². The molecule has 3 nitrogen and oxygen atoms in total. The third kappa shape index (κ3) is 4.40. The summed E-state index contributed by atoms with van der Waals surface area (Å²) in [4.78, 5) is 2.29. The van der Waals surface area contributed by atoms with Gasteiger partial charge in [-0.05, 0) is 25.9 Å². The van der Waals surface area contributed by atoms with Crippen molar-refractivity contribution < 1.29 is 5.11 Å². The molecular formula is C11H26N2O. The molecule has 0 aliphatic carbocycles. The van der Waals surface area contributed by atoms with Crippen molar-refractivity contribution in [1.82, 2.24) is 10.2 Å². The molecule has 0 amide bonds. The highest BCUT2D eigenvalue weighted by atomic mass is 16.3. The fraction of sp³-hybridized carbons (Fsp3) is 1.00. The second kappa shape index (κ2) is 6.38. The van der Waals surface area contributed by atoms with E-state index in [0.29, 0.717) is 6.04 Å². The van der Waals surface area contributed by atoms with Crippen molar-refractivity contribution in [2.75, 3.05) is 33.3 Å². The van der Waals surface area contributed by atoms with Gasteiger partial charge >= 0.3 is 0 Å². The molecule has 0 fully saturated rings. The molecule has 0 aromatic rings. The largest absolute Gasteiger partial charge is 0.395 e. The van der Waals surface area contributed by atoms with Gasteiger partial charge in [0.15, 0.2) is 0 Å². The van der Waals surface area contributed by atoms with Gasteiger partial charge in [-0.1, -0.05) is 20.8 Å². The van der Waals surface area contributed by atoms with E-state index in [0.717, 1.165) is 19.6 Å². The van der Waals surface area contributed by atoms with Crippen LogP contribution in [0.3, 0.4) is 0 Å². The van der Waals surface area contributed by atoms with Gasteiger partial charge in [-0.2, -0.15) is 0 Å². The van der Waals surface area contributed by atoms with Crippen molar-refractivity contribution in [2.24, 2.45) is 5.41 Å². The summed E-state index contributed by atoms with van der Waals surface area (Å²) in [6.45, 7) is 11.9. The maximum atomic E-state index is 8.90. The predicted octanol–water partition coefficient (Wildman–Crippen LogP) is 0.935. The third-order valence-electron chi connectivity index (χ3n) is 3.10. The highest BCUT2D eigenvalue weighted by Crippen LogP contribution is 2.21. The van der Waals surface area contributed by atoms with Gasteiger partial charge in [0.25, 0.3) is 0 Å². The molecule has 0 saturated heterocycles. The van der Waals surface area contributed by atoms with Gasteiger partial charge in [-0.3, -0.25) is 0 Å². The van der Waals surface area contributed by atoms with Crippen LogP contribution in [-0.4, -0.2) is 49.3 Å². The van der Waals surface area contributed by atoms with Gasteiger partial charge < -0.3 is 15.3 Å². The lowest BCUT2D eigenvalue weighted by atomic mass is 9.85. The van der Waals surface area contributed by atoms with Gasteiger partial charge in [0.1, 0.15) is 0 Å². The second-order valence-electron chi connectivity index (χ2n) is 4.59. The molecule has 2 N–H and O–H groups in total. The van der Waals surface area contributed by atoms with Crippen LogP contribution in [0.4, 0.5) is 0 Å². The maximum Gasteiger partial charge on any atom is 0.0558 e.